The number of aryl methyl sites for hydroxylation is 2. The molecule has 3 nitrogen and oxygen atoms in total. The highest BCUT2D eigenvalue weighted by Gasteiger charge is 2.13. The van der Waals surface area contributed by atoms with E-state index in [1.807, 2.05) is 36.0 Å². The number of thiophene rings is 1. The summed E-state index contributed by atoms with van der Waals surface area (Å²) in [5.41, 5.74) is 3.29. The number of hydrogen-bond acceptors (Lipinski definition) is 3. The maximum atomic E-state index is 4.53. The van der Waals surface area contributed by atoms with Gasteiger partial charge in [0.15, 0.2) is 5.82 Å². The summed E-state index contributed by atoms with van der Waals surface area (Å²) in [7, 11) is 0. The van der Waals surface area contributed by atoms with Crippen LogP contribution in [0.3, 0.4) is 0 Å². The summed E-state index contributed by atoms with van der Waals surface area (Å²) in [6.45, 7) is 4.07. The highest BCUT2D eigenvalue weighted by atomic mass is 32.1. The molecule has 0 saturated carbocycles. The van der Waals surface area contributed by atoms with E-state index in [1.165, 1.54) is 10.4 Å². The van der Waals surface area contributed by atoms with E-state index in [0.29, 0.717) is 0 Å². The Bertz CT molecular complexity index is 668. The SMILES string of the molecule is Cc1cccc(-n2ncc(C)c2-c2cccs2)n1. The summed E-state index contributed by atoms with van der Waals surface area (Å²) in [5, 5.41) is 6.52. The lowest BCUT2D eigenvalue weighted by molar-refractivity contribution is 0.849. The molecular formula is C14H13N3S. The topological polar surface area (TPSA) is 30.7 Å². The van der Waals surface area contributed by atoms with Gasteiger partial charge < -0.3 is 0 Å². The predicted molar refractivity (Wildman–Crippen MR) is 74.1 cm³/mol. The summed E-state index contributed by atoms with van der Waals surface area (Å²) >= 11 is 1.72. The standard InChI is InChI=1S/C14H13N3S/c1-10-9-15-17(13-7-3-5-11(2)16-13)14(10)12-6-4-8-18-12/h3-9H,1-2H3. The molecule has 0 atom stereocenters. The highest BCUT2D eigenvalue weighted by molar-refractivity contribution is 7.13. The molecule has 3 rings (SSSR count). The Hall–Kier alpha value is -1.94. The lowest BCUT2D eigenvalue weighted by Crippen LogP contribution is -2.02. The van der Waals surface area contributed by atoms with Crippen LogP contribution in [0, 0.1) is 13.8 Å². The first-order valence-corrected chi connectivity index (χ1v) is 6.66. The zero-order valence-corrected chi connectivity index (χ0v) is 11.1. The van der Waals surface area contributed by atoms with Crippen molar-refractivity contribution in [2.24, 2.45) is 0 Å². The normalized spacial score (nSPS) is 10.8. The van der Waals surface area contributed by atoms with E-state index >= 15 is 0 Å². The van der Waals surface area contributed by atoms with E-state index in [0.717, 1.165) is 17.2 Å². The van der Waals surface area contributed by atoms with Crippen LogP contribution < -0.4 is 0 Å². The van der Waals surface area contributed by atoms with Crippen LogP contribution in [0.5, 0.6) is 0 Å². The summed E-state index contributed by atoms with van der Waals surface area (Å²) < 4.78 is 1.91. The van der Waals surface area contributed by atoms with Crippen molar-refractivity contribution < 1.29 is 0 Å². The van der Waals surface area contributed by atoms with Gasteiger partial charge in [0.2, 0.25) is 0 Å². The average Bonchev–Trinajstić information content (AvgIpc) is 2.97. The van der Waals surface area contributed by atoms with E-state index in [4.69, 9.17) is 0 Å². The van der Waals surface area contributed by atoms with Crippen LogP contribution in [-0.2, 0) is 0 Å². The summed E-state index contributed by atoms with van der Waals surface area (Å²) in [4.78, 5) is 5.75. The zero-order chi connectivity index (χ0) is 12.5. The molecule has 3 aromatic rings. The van der Waals surface area contributed by atoms with Crippen molar-refractivity contribution in [2.45, 2.75) is 13.8 Å². The maximum Gasteiger partial charge on any atom is 0.154 e. The molecule has 90 valence electrons. The largest absolute Gasteiger partial charge is 0.234 e. The average molecular weight is 255 g/mol. The molecule has 3 heterocycles. The number of nitrogens with zero attached hydrogens (tertiary/aromatic N) is 3. The Morgan fingerprint density at radius 3 is 2.72 bits per heavy atom. The third kappa shape index (κ3) is 1.84. The highest BCUT2D eigenvalue weighted by Crippen LogP contribution is 2.29. The molecule has 3 aromatic heterocycles. The van der Waals surface area contributed by atoms with Crippen LogP contribution in [-0.4, -0.2) is 14.8 Å². The van der Waals surface area contributed by atoms with E-state index in [-0.39, 0.29) is 0 Å². The van der Waals surface area contributed by atoms with E-state index in [1.54, 1.807) is 11.3 Å². The van der Waals surface area contributed by atoms with Crippen molar-refractivity contribution in [3.8, 4) is 16.4 Å². The van der Waals surface area contributed by atoms with Crippen molar-refractivity contribution in [1.82, 2.24) is 14.8 Å². The fourth-order valence-electron chi connectivity index (χ4n) is 1.96. The van der Waals surface area contributed by atoms with Crippen LogP contribution >= 0.6 is 11.3 Å². The van der Waals surface area contributed by atoms with Gasteiger partial charge in [0, 0.05) is 5.69 Å². The van der Waals surface area contributed by atoms with Crippen molar-refractivity contribution in [3.63, 3.8) is 0 Å². The van der Waals surface area contributed by atoms with Gasteiger partial charge in [-0.3, -0.25) is 0 Å². The van der Waals surface area contributed by atoms with Crippen LogP contribution in [0.2, 0.25) is 0 Å². The Labute approximate surface area is 110 Å². The molecule has 0 saturated heterocycles. The van der Waals surface area contributed by atoms with Crippen LogP contribution in [0.4, 0.5) is 0 Å². The molecule has 0 aliphatic carbocycles. The summed E-state index contributed by atoms with van der Waals surface area (Å²) in [6, 6.07) is 10.1. The number of aromatic nitrogens is 3. The van der Waals surface area contributed by atoms with Crippen molar-refractivity contribution in [2.75, 3.05) is 0 Å². The van der Waals surface area contributed by atoms with Gasteiger partial charge in [0.05, 0.1) is 16.8 Å². The molecule has 0 N–H and O–H groups in total. The van der Waals surface area contributed by atoms with E-state index < -0.39 is 0 Å². The minimum atomic E-state index is 0.867. The molecule has 0 spiro atoms. The minimum Gasteiger partial charge on any atom is -0.234 e. The molecular weight excluding hydrogens is 242 g/mol. The van der Waals surface area contributed by atoms with Crippen molar-refractivity contribution >= 4 is 11.3 Å². The Kier molecular flexibility index (Phi) is 2.72. The van der Waals surface area contributed by atoms with E-state index in [9.17, 15) is 0 Å². The first-order valence-electron chi connectivity index (χ1n) is 5.78. The maximum absolute atomic E-state index is 4.53. The predicted octanol–water partition coefficient (Wildman–Crippen LogP) is 3.61. The van der Waals surface area contributed by atoms with Gasteiger partial charge in [-0.25, -0.2) is 9.67 Å². The molecule has 0 amide bonds. The summed E-state index contributed by atoms with van der Waals surface area (Å²) in [6.07, 6.45) is 1.89. The number of rotatable bonds is 2. The Balaban J connectivity index is 2.20. The van der Waals surface area contributed by atoms with Gasteiger partial charge in [-0.2, -0.15) is 5.10 Å². The Morgan fingerprint density at radius 1 is 1.11 bits per heavy atom. The molecule has 18 heavy (non-hydrogen) atoms. The van der Waals surface area contributed by atoms with Gasteiger partial charge in [0.25, 0.3) is 0 Å². The zero-order valence-electron chi connectivity index (χ0n) is 10.3. The fraction of sp³-hybridized carbons (Fsp3) is 0.143. The lowest BCUT2D eigenvalue weighted by atomic mass is 10.2. The van der Waals surface area contributed by atoms with E-state index in [2.05, 4.69) is 34.5 Å². The lowest BCUT2D eigenvalue weighted by Gasteiger charge is -2.06. The third-order valence-corrected chi connectivity index (χ3v) is 3.67. The second-order valence-corrected chi connectivity index (χ2v) is 5.15. The summed E-state index contributed by atoms with van der Waals surface area (Å²) in [5.74, 6) is 0.867. The smallest absolute Gasteiger partial charge is 0.154 e. The second kappa shape index (κ2) is 4.38. The van der Waals surface area contributed by atoms with Crippen LogP contribution in [0.25, 0.3) is 16.4 Å². The first-order chi connectivity index (χ1) is 8.75. The van der Waals surface area contributed by atoms with Gasteiger partial charge >= 0.3 is 0 Å². The molecule has 0 fully saturated rings. The molecule has 4 heteroatoms. The van der Waals surface area contributed by atoms with Crippen LogP contribution in [0.1, 0.15) is 11.3 Å². The van der Waals surface area contributed by atoms with Gasteiger partial charge in [-0.05, 0) is 43.0 Å². The quantitative estimate of drug-likeness (QED) is 0.700. The molecule has 0 aliphatic rings. The Morgan fingerprint density at radius 2 is 2.00 bits per heavy atom. The molecule has 0 bridgehead atoms. The molecule has 0 unspecified atom stereocenters. The first kappa shape index (κ1) is 11.2. The van der Waals surface area contributed by atoms with Crippen molar-refractivity contribution in [3.05, 3.63) is 53.2 Å². The van der Waals surface area contributed by atoms with Gasteiger partial charge in [-0.1, -0.05) is 12.1 Å². The monoisotopic (exact) mass is 255 g/mol. The van der Waals surface area contributed by atoms with Crippen LogP contribution in [0.15, 0.2) is 41.9 Å². The fourth-order valence-corrected chi connectivity index (χ4v) is 2.78. The van der Waals surface area contributed by atoms with Gasteiger partial charge in [0.1, 0.15) is 0 Å². The molecule has 0 radical (unpaired) electrons. The number of pyridine rings is 1. The third-order valence-electron chi connectivity index (χ3n) is 2.80. The molecule has 0 aliphatic heterocycles. The second-order valence-electron chi connectivity index (χ2n) is 4.20. The molecule has 0 aromatic carbocycles. The minimum absolute atomic E-state index is 0.867. The van der Waals surface area contributed by atoms with Gasteiger partial charge in [-0.15, -0.1) is 11.3 Å². The van der Waals surface area contributed by atoms with Crippen molar-refractivity contribution in [1.29, 1.82) is 0 Å². The number of hydrogen-bond donors (Lipinski definition) is 0.